The maximum Gasteiger partial charge on any atom is 0.242 e. The Bertz CT molecular complexity index is 864. The van der Waals surface area contributed by atoms with E-state index in [0.717, 1.165) is 18.4 Å². The first-order valence-electron chi connectivity index (χ1n) is 10.4. The molecule has 0 radical (unpaired) electrons. The smallest absolute Gasteiger partial charge is 0.242 e. The van der Waals surface area contributed by atoms with Crippen molar-refractivity contribution in [2.24, 2.45) is 0 Å². The normalized spacial score (nSPS) is 16.4. The van der Waals surface area contributed by atoms with E-state index in [-0.39, 0.29) is 29.8 Å². The third-order valence-corrected chi connectivity index (χ3v) is 6.64. The fraction of sp³-hybridized carbons (Fsp3) is 0.500. The highest BCUT2D eigenvalue weighted by Gasteiger charge is 2.33. The lowest BCUT2D eigenvalue weighted by atomic mass is 9.85. The van der Waals surface area contributed by atoms with Gasteiger partial charge in [-0.2, -0.15) is 0 Å². The number of rotatable bonds is 5. The minimum atomic E-state index is -0.0815. The highest BCUT2D eigenvalue weighted by atomic mass is 32.1. The van der Waals surface area contributed by atoms with Crippen LogP contribution in [0.25, 0.3) is 0 Å². The third-order valence-electron chi connectivity index (χ3n) is 5.64. The zero-order valence-electron chi connectivity index (χ0n) is 18.2. The molecule has 0 saturated heterocycles. The van der Waals surface area contributed by atoms with Crippen LogP contribution >= 0.6 is 11.3 Å². The van der Waals surface area contributed by atoms with Crippen molar-refractivity contribution in [3.63, 3.8) is 0 Å². The molecule has 29 heavy (non-hydrogen) atoms. The van der Waals surface area contributed by atoms with E-state index in [4.69, 9.17) is 0 Å². The lowest BCUT2D eigenvalue weighted by molar-refractivity contribution is -0.140. The van der Waals surface area contributed by atoms with Gasteiger partial charge in [0.05, 0.1) is 12.6 Å². The van der Waals surface area contributed by atoms with E-state index in [0.29, 0.717) is 13.1 Å². The first kappa shape index (κ1) is 21.6. The van der Waals surface area contributed by atoms with Gasteiger partial charge in [-0.25, -0.2) is 0 Å². The van der Waals surface area contributed by atoms with Crippen molar-refractivity contribution in [1.82, 2.24) is 9.80 Å². The molecule has 0 aliphatic carbocycles. The average Bonchev–Trinajstić information content (AvgIpc) is 3.15. The molecule has 1 aliphatic rings. The van der Waals surface area contributed by atoms with Crippen LogP contribution in [0.2, 0.25) is 0 Å². The molecule has 0 spiro atoms. The average molecular weight is 413 g/mol. The van der Waals surface area contributed by atoms with Crippen LogP contribution in [0.3, 0.4) is 0 Å². The number of carbonyl (C=O) groups is 2. The van der Waals surface area contributed by atoms with Gasteiger partial charge < -0.3 is 9.80 Å². The molecule has 3 rings (SSSR count). The molecule has 0 saturated carbocycles. The van der Waals surface area contributed by atoms with E-state index >= 15 is 0 Å². The van der Waals surface area contributed by atoms with E-state index in [1.54, 1.807) is 23.2 Å². The number of amides is 2. The van der Waals surface area contributed by atoms with Crippen molar-refractivity contribution in [2.45, 2.75) is 58.9 Å². The maximum absolute atomic E-state index is 13.3. The molecule has 1 atom stereocenters. The Morgan fingerprint density at radius 3 is 2.45 bits per heavy atom. The Morgan fingerprint density at radius 2 is 1.86 bits per heavy atom. The van der Waals surface area contributed by atoms with Crippen LogP contribution in [0.4, 0.5) is 0 Å². The van der Waals surface area contributed by atoms with Gasteiger partial charge in [0.2, 0.25) is 11.8 Å². The highest BCUT2D eigenvalue weighted by Crippen LogP contribution is 2.38. The minimum absolute atomic E-state index is 0.0235. The molecule has 4 nitrogen and oxygen atoms in total. The van der Waals surface area contributed by atoms with Gasteiger partial charge in [-0.05, 0) is 46.4 Å². The second-order valence-corrected chi connectivity index (χ2v) is 9.85. The molecule has 0 bridgehead atoms. The second kappa shape index (κ2) is 8.70. The van der Waals surface area contributed by atoms with Crippen LogP contribution in [-0.2, 0) is 21.4 Å². The highest BCUT2D eigenvalue weighted by molar-refractivity contribution is 7.10. The van der Waals surface area contributed by atoms with Crippen molar-refractivity contribution >= 4 is 23.2 Å². The summed E-state index contributed by atoms with van der Waals surface area (Å²) in [5.74, 6) is -0.0186. The lowest BCUT2D eigenvalue weighted by Gasteiger charge is -2.37. The molecule has 2 heterocycles. The summed E-state index contributed by atoms with van der Waals surface area (Å²) < 4.78 is 0. The van der Waals surface area contributed by atoms with Crippen LogP contribution in [0, 0.1) is 0 Å². The summed E-state index contributed by atoms with van der Waals surface area (Å²) >= 11 is 1.77. The number of thiophene rings is 1. The van der Waals surface area contributed by atoms with Gasteiger partial charge in [0.25, 0.3) is 0 Å². The minimum Gasteiger partial charge on any atom is -0.334 e. The Kier molecular flexibility index (Phi) is 6.47. The molecular formula is C24H32N2O2S. The van der Waals surface area contributed by atoms with Crippen molar-refractivity contribution in [3.05, 3.63) is 57.3 Å². The number of benzene rings is 1. The summed E-state index contributed by atoms with van der Waals surface area (Å²) in [5.41, 5.74) is 3.74. The van der Waals surface area contributed by atoms with Gasteiger partial charge in [-0.1, -0.05) is 52.0 Å². The first-order chi connectivity index (χ1) is 13.7. The number of hydrogen-bond donors (Lipinski definition) is 0. The van der Waals surface area contributed by atoms with E-state index in [2.05, 4.69) is 56.5 Å². The van der Waals surface area contributed by atoms with Crippen molar-refractivity contribution in [3.8, 4) is 0 Å². The molecule has 0 N–H and O–H groups in total. The molecule has 5 heteroatoms. The summed E-state index contributed by atoms with van der Waals surface area (Å²) in [7, 11) is 0. The molecule has 0 fully saturated rings. The first-order valence-corrected chi connectivity index (χ1v) is 11.3. The predicted octanol–water partition coefficient (Wildman–Crippen LogP) is 4.78. The van der Waals surface area contributed by atoms with Crippen LogP contribution in [0.5, 0.6) is 0 Å². The quantitative estimate of drug-likeness (QED) is 0.709. The standard InChI is InChI=1S/C24H32N2O2S/c1-6-13-25(17(2)27)16-22(28)26-14-11-21-20(12-15-29-21)23(26)18-7-9-19(10-8-18)24(3,4)5/h7-10,12,15,23H,6,11,13-14,16H2,1-5H3/t23-/m0/s1. The Balaban J connectivity index is 1.92. The Hall–Kier alpha value is -2.14. The molecule has 0 unspecified atom stereocenters. The second-order valence-electron chi connectivity index (χ2n) is 8.85. The predicted molar refractivity (Wildman–Crippen MR) is 119 cm³/mol. The summed E-state index contributed by atoms with van der Waals surface area (Å²) in [6.45, 7) is 11.6. The van der Waals surface area contributed by atoms with E-state index in [1.165, 1.54) is 16.0 Å². The fourth-order valence-electron chi connectivity index (χ4n) is 3.98. The number of fused-ring (bicyclic) bond motifs is 1. The Morgan fingerprint density at radius 1 is 1.17 bits per heavy atom. The Labute approximate surface area is 178 Å². The number of nitrogens with zero attached hydrogens (tertiary/aromatic N) is 2. The third kappa shape index (κ3) is 4.72. The van der Waals surface area contributed by atoms with E-state index < -0.39 is 0 Å². The molecule has 2 aromatic rings. The van der Waals surface area contributed by atoms with Crippen LogP contribution in [0.1, 0.15) is 68.6 Å². The molecule has 2 amide bonds. The van der Waals surface area contributed by atoms with Gasteiger partial charge >= 0.3 is 0 Å². The van der Waals surface area contributed by atoms with Gasteiger partial charge in [0, 0.05) is 24.9 Å². The lowest BCUT2D eigenvalue weighted by Crippen LogP contribution is -2.46. The largest absolute Gasteiger partial charge is 0.334 e. The number of hydrogen-bond acceptors (Lipinski definition) is 3. The van der Waals surface area contributed by atoms with Crippen molar-refractivity contribution < 1.29 is 9.59 Å². The molecule has 1 aromatic heterocycles. The van der Waals surface area contributed by atoms with Crippen LogP contribution in [0.15, 0.2) is 35.7 Å². The topological polar surface area (TPSA) is 40.6 Å². The molecular weight excluding hydrogens is 380 g/mol. The maximum atomic E-state index is 13.3. The van der Waals surface area contributed by atoms with Crippen LogP contribution < -0.4 is 0 Å². The SMILES string of the molecule is CCCN(CC(=O)N1CCc2sccc2[C@@H]1c1ccc(C(C)(C)C)cc1)C(C)=O. The van der Waals surface area contributed by atoms with Gasteiger partial charge in [0.15, 0.2) is 0 Å². The molecule has 156 valence electrons. The molecule has 1 aromatic carbocycles. The summed E-state index contributed by atoms with van der Waals surface area (Å²) in [6, 6.07) is 10.7. The summed E-state index contributed by atoms with van der Waals surface area (Å²) in [5, 5.41) is 2.12. The van der Waals surface area contributed by atoms with Gasteiger partial charge in [0.1, 0.15) is 0 Å². The zero-order chi connectivity index (χ0) is 21.2. The van der Waals surface area contributed by atoms with E-state index in [1.807, 2.05) is 11.8 Å². The van der Waals surface area contributed by atoms with E-state index in [9.17, 15) is 9.59 Å². The molecule has 1 aliphatic heterocycles. The monoisotopic (exact) mass is 412 g/mol. The van der Waals surface area contributed by atoms with Crippen molar-refractivity contribution in [2.75, 3.05) is 19.6 Å². The van der Waals surface area contributed by atoms with Crippen molar-refractivity contribution in [1.29, 1.82) is 0 Å². The summed E-state index contributed by atoms with van der Waals surface area (Å²) in [6.07, 6.45) is 1.72. The van der Waals surface area contributed by atoms with Gasteiger partial charge in [-0.15, -0.1) is 11.3 Å². The zero-order valence-corrected chi connectivity index (χ0v) is 19.0. The van der Waals surface area contributed by atoms with Crippen LogP contribution in [-0.4, -0.2) is 41.2 Å². The fourth-order valence-corrected chi connectivity index (χ4v) is 4.89. The summed E-state index contributed by atoms with van der Waals surface area (Å²) in [4.78, 5) is 30.2. The number of carbonyl (C=O) groups excluding carboxylic acids is 2. The van der Waals surface area contributed by atoms with Gasteiger partial charge in [-0.3, -0.25) is 9.59 Å².